The summed E-state index contributed by atoms with van der Waals surface area (Å²) in [5.74, 6) is 0.0557. The van der Waals surface area contributed by atoms with Crippen molar-refractivity contribution in [1.82, 2.24) is 0 Å². The fourth-order valence-electron chi connectivity index (χ4n) is 2.16. The molecule has 1 N–H and O–H groups in total. The van der Waals surface area contributed by atoms with Crippen LogP contribution in [0.15, 0.2) is 24.3 Å². The Balaban J connectivity index is 2.16. The molecule has 2 atom stereocenters. The molecule has 0 aromatic heterocycles. The number of rotatable bonds is 4. The van der Waals surface area contributed by atoms with Crippen molar-refractivity contribution >= 4 is 17.6 Å². The molecule has 1 aliphatic carbocycles. The second kappa shape index (κ2) is 4.22. The lowest BCUT2D eigenvalue weighted by Crippen LogP contribution is -2.33. The number of hydrogen-bond acceptors (Lipinski definition) is 2. The summed E-state index contributed by atoms with van der Waals surface area (Å²) in [5, 5.41) is 9.90. The van der Waals surface area contributed by atoms with Crippen LogP contribution in [0.3, 0.4) is 0 Å². The van der Waals surface area contributed by atoms with E-state index in [9.17, 15) is 9.90 Å². The van der Waals surface area contributed by atoms with Crippen LogP contribution in [-0.4, -0.2) is 16.7 Å². The van der Waals surface area contributed by atoms with Gasteiger partial charge in [-0.25, -0.2) is 4.79 Å². The zero-order valence-electron chi connectivity index (χ0n) is 9.81. The molecule has 17 heavy (non-hydrogen) atoms. The van der Waals surface area contributed by atoms with Gasteiger partial charge in [0.15, 0.2) is 0 Å². The van der Waals surface area contributed by atoms with Crippen LogP contribution in [0, 0.1) is 11.8 Å². The molecular formula is C13H15ClO3. The maximum Gasteiger partial charge on any atom is 0.348 e. The lowest BCUT2D eigenvalue weighted by molar-refractivity contribution is -0.148. The Hall–Kier alpha value is -1.22. The van der Waals surface area contributed by atoms with Gasteiger partial charge in [0, 0.05) is 17.4 Å². The summed E-state index contributed by atoms with van der Waals surface area (Å²) in [6.45, 7) is 4.03. The van der Waals surface area contributed by atoms with Gasteiger partial charge in [-0.15, -0.1) is 0 Å². The average Bonchev–Trinajstić information content (AvgIpc) is 2.98. The van der Waals surface area contributed by atoms with Crippen LogP contribution >= 0.6 is 11.6 Å². The molecule has 0 radical (unpaired) electrons. The molecule has 1 aliphatic rings. The van der Waals surface area contributed by atoms with Crippen LogP contribution in [0.5, 0.6) is 5.75 Å². The van der Waals surface area contributed by atoms with E-state index in [0.29, 0.717) is 23.1 Å². The van der Waals surface area contributed by atoms with Crippen molar-refractivity contribution in [2.24, 2.45) is 11.8 Å². The van der Waals surface area contributed by atoms with Gasteiger partial charge < -0.3 is 9.84 Å². The van der Waals surface area contributed by atoms with Crippen LogP contribution in [0.1, 0.15) is 20.3 Å². The fourth-order valence-corrected chi connectivity index (χ4v) is 2.29. The molecule has 3 nitrogen and oxygen atoms in total. The topological polar surface area (TPSA) is 46.5 Å². The van der Waals surface area contributed by atoms with Gasteiger partial charge >= 0.3 is 5.97 Å². The minimum Gasteiger partial charge on any atom is -0.478 e. The van der Waals surface area contributed by atoms with Gasteiger partial charge in [-0.3, -0.25) is 0 Å². The third kappa shape index (κ3) is 2.25. The Kier molecular flexibility index (Phi) is 3.04. The number of carbonyl (C=O) groups is 1. The largest absolute Gasteiger partial charge is 0.478 e. The van der Waals surface area contributed by atoms with Crippen molar-refractivity contribution in [3.63, 3.8) is 0 Å². The molecule has 1 aromatic carbocycles. The maximum absolute atomic E-state index is 11.3. The smallest absolute Gasteiger partial charge is 0.348 e. The Morgan fingerprint density at radius 2 is 2.06 bits per heavy atom. The maximum atomic E-state index is 11.3. The van der Waals surface area contributed by atoms with Gasteiger partial charge in [0.1, 0.15) is 5.75 Å². The van der Waals surface area contributed by atoms with Gasteiger partial charge in [-0.2, -0.15) is 0 Å². The predicted molar refractivity (Wildman–Crippen MR) is 65.4 cm³/mol. The average molecular weight is 255 g/mol. The summed E-state index contributed by atoms with van der Waals surface area (Å²) in [5.41, 5.74) is -1.04. The van der Waals surface area contributed by atoms with Crippen molar-refractivity contribution < 1.29 is 14.6 Å². The van der Waals surface area contributed by atoms with Gasteiger partial charge in [-0.05, 0) is 30.2 Å². The van der Waals surface area contributed by atoms with Crippen LogP contribution in [-0.2, 0) is 4.79 Å². The molecule has 0 saturated heterocycles. The van der Waals surface area contributed by atoms with E-state index >= 15 is 0 Å². The molecule has 0 amide bonds. The molecule has 2 rings (SSSR count). The van der Waals surface area contributed by atoms with Crippen molar-refractivity contribution in [1.29, 1.82) is 0 Å². The molecule has 0 unspecified atom stereocenters. The number of halogens is 1. The number of ether oxygens (including phenoxy) is 1. The molecule has 92 valence electrons. The summed E-state index contributed by atoms with van der Waals surface area (Å²) in [6.07, 6.45) is 0.572. The Bertz CT molecular complexity index is 427. The molecule has 0 spiro atoms. The summed E-state index contributed by atoms with van der Waals surface area (Å²) in [6, 6.07) is 6.78. The first-order valence-electron chi connectivity index (χ1n) is 5.63. The van der Waals surface area contributed by atoms with Crippen LogP contribution < -0.4 is 4.74 Å². The standard InChI is InChI=1S/C13H15ClO3/c1-8(2)11-7-13(11,12(15)16)17-10-5-3-9(14)4-6-10/h3-6,8,11H,7H2,1-2H3,(H,15,16)/t11-,13-/m0/s1. The number of carboxylic acids is 1. The number of carboxylic acid groups (broad SMARTS) is 1. The summed E-state index contributed by atoms with van der Waals surface area (Å²) < 4.78 is 5.65. The van der Waals surface area contributed by atoms with Crippen LogP contribution in [0.4, 0.5) is 0 Å². The lowest BCUT2D eigenvalue weighted by Gasteiger charge is -2.17. The van der Waals surface area contributed by atoms with E-state index in [1.54, 1.807) is 24.3 Å². The molecule has 0 bridgehead atoms. The third-order valence-electron chi connectivity index (χ3n) is 3.24. The molecular weight excluding hydrogens is 240 g/mol. The van der Waals surface area contributed by atoms with E-state index in [4.69, 9.17) is 16.3 Å². The first kappa shape index (κ1) is 12.2. The second-order valence-corrected chi connectivity index (χ2v) is 5.24. The Morgan fingerprint density at radius 1 is 1.47 bits per heavy atom. The third-order valence-corrected chi connectivity index (χ3v) is 3.49. The Labute approximate surface area is 105 Å². The Morgan fingerprint density at radius 3 is 2.47 bits per heavy atom. The summed E-state index contributed by atoms with van der Waals surface area (Å²) >= 11 is 5.77. The quantitative estimate of drug-likeness (QED) is 0.897. The summed E-state index contributed by atoms with van der Waals surface area (Å²) in [7, 11) is 0. The van der Waals surface area contributed by atoms with Crippen molar-refractivity contribution in [3.05, 3.63) is 29.3 Å². The van der Waals surface area contributed by atoms with Crippen LogP contribution in [0.2, 0.25) is 5.02 Å². The zero-order valence-corrected chi connectivity index (χ0v) is 10.6. The van der Waals surface area contributed by atoms with Crippen molar-refractivity contribution in [3.8, 4) is 5.75 Å². The zero-order chi connectivity index (χ0) is 12.6. The highest BCUT2D eigenvalue weighted by Gasteiger charge is 2.64. The van der Waals surface area contributed by atoms with Gasteiger partial charge in [0.05, 0.1) is 0 Å². The fraction of sp³-hybridized carbons (Fsp3) is 0.462. The monoisotopic (exact) mass is 254 g/mol. The highest BCUT2D eigenvalue weighted by atomic mass is 35.5. The van der Waals surface area contributed by atoms with Crippen LogP contribution in [0.25, 0.3) is 0 Å². The van der Waals surface area contributed by atoms with Gasteiger partial charge in [0.2, 0.25) is 5.60 Å². The van der Waals surface area contributed by atoms with Crippen molar-refractivity contribution in [2.45, 2.75) is 25.9 Å². The summed E-state index contributed by atoms with van der Waals surface area (Å²) in [4.78, 5) is 11.3. The van der Waals surface area contributed by atoms with E-state index in [-0.39, 0.29) is 5.92 Å². The highest BCUT2D eigenvalue weighted by molar-refractivity contribution is 6.30. The first-order chi connectivity index (χ1) is 7.95. The molecule has 1 fully saturated rings. The highest BCUT2D eigenvalue weighted by Crippen LogP contribution is 2.51. The second-order valence-electron chi connectivity index (χ2n) is 4.81. The van der Waals surface area contributed by atoms with Gasteiger partial charge in [0.25, 0.3) is 0 Å². The van der Waals surface area contributed by atoms with Gasteiger partial charge in [-0.1, -0.05) is 25.4 Å². The number of hydrogen-bond donors (Lipinski definition) is 1. The van der Waals surface area contributed by atoms with Crippen molar-refractivity contribution in [2.75, 3.05) is 0 Å². The molecule has 4 heteroatoms. The molecule has 0 aliphatic heterocycles. The van der Waals surface area contributed by atoms with E-state index in [1.807, 2.05) is 13.8 Å². The lowest BCUT2D eigenvalue weighted by atomic mass is 10.1. The normalized spacial score (nSPS) is 26.9. The number of benzene rings is 1. The SMILES string of the molecule is CC(C)[C@@H]1C[C@@]1(Oc1ccc(Cl)cc1)C(=O)O. The molecule has 0 heterocycles. The van der Waals surface area contributed by atoms with E-state index in [2.05, 4.69) is 0 Å². The first-order valence-corrected chi connectivity index (χ1v) is 6.01. The van der Waals surface area contributed by atoms with E-state index < -0.39 is 11.6 Å². The molecule has 1 saturated carbocycles. The predicted octanol–water partition coefficient (Wildman–Crippen LogP) is 3.22. The minimum atomic E-state index is -1.04. The molecule has 1 aromatic rings. The van der Waals surface area contributed by atoms with E-state index in [0.717, 1.165) is 0 Å². The minimum absolute atomic E-state index is 0.0793. The number of aliphatic carboxylic acids is 1. The van der Waals surface area contributed by atoms with E-state index in [1.165, 1.54) is 0 Å².